The van der Waals surface area contributed by atoms with Crippen LogP contribution in [0.2, 0.25) is 0 Å². The molecule has 0 aliphatic heterocycles. The first-order chi connectivity index (χ1) is 13.6. The van der Waals surface area contributed by atoms with Gasteiger partial charge in [-0.3, -0.25) is 4.79 Å². The fourth-order valence-electron chi connectivity index (χ4n) is 3.18. The zero-order valence-corrected chi connectivity index (χ0v) is 16.1. The van der Waals surface area contributed by atoms with Gasteiger partial charge in [-0.25, -0.2) is 4.79 Å². The Morgan fingerprint density at radius 3 is 2.39 bits per heavy atom. The third kappa shape index (κ3) is 4.77. The van der Waals surface area contributed by atoms with E-state index in [1.54, 1.807) is 6.92 Å². The number of hydrogen-bond acceptors (Lipinski definition) is 4. The van der Waals surface area contributed by atoms with E-state index >= 15 is 0 Å². The number of esters is 2. The number of fused-ring (bicyclic) bond motifs is 3. The normalized spacial score (nSPS) is 10.8. The first-order valence-corrected chi connectivity index (χ1v) is 9.56. The lowest BCUT2D eigenvalue weighted by atomic mass is 9.98. The maximum Gasteiger partial charge on any atom is 0.330 e. The highest BCUT2D eigenvalue weighted by Crippen LogP contribution is 2.29. The van der Waals surface area contributed by atoms with E-state index in [-0.39, 0.29) is 11.9 Å². The zero-order valence-electron chi connectivity index (χ0n) is 16.1. The molecular weight excluding hydrogens is 352 g/mol. The maximum absolute atomic E-state index is 11.5. The van der Waals surface area contributed by atoms with Crippen LogP contribution in [-0.2, 0) is 20.7 Å². The van der Waals surface area contributed by atoms with E-state index in [1.165, 1.54) is 22.4 Å². The molecule has 0 aliphatic rings. The van der Waals surface area contributed by atoms with Crippen LogP contribution in [0.3, 0.4) is 0 Å². The zero-order chi connectivity index (χ0) is 19.9. The van der Waals surface area contributed by atoms with Crippen LogP contribution >= 0.6 is 0 Å². The van der Waals surface area contributed by atoms with Gasteiger partial charge in [0.2, 0.25) is 0 Å². The van der Waals surface area contributed by atoms with Crippen molar-refractivity contribution in [3.63, 3.8) is 0 Å². The molecule has 4 heteroatoms. The molecule has 0 unspecified atom stereocenters. The summed E-state index contributed by atoms with van der Waals surface area (Å²) in [5.41, 5.74) is 1.26. The minimum atomic E-state index is -0.370. The van der Waals surface area contributed by atoms with Crippen LogP contribution in [0.15, 0.2) is 61.2 Å². The maximum atomic E-state index is 11.5. The molecule has 3 rings (SSSR count). The van der Waals surface area contributed by atoms with Crippen molar-refractivity contribution in [1.29, 1.82) is 0 Å². The average Bonchev–Trinajstić information content (AvgIpc) is 2.72. The lowest BCUT2D eigenvalue weighted by Crippen LogP contribution is -2.05. The van der Waals surface area contributed by atoms with Crippen molar-refractivity contribution in [2.24, 2.45) is 0 Å². The second-order valence-corrected chi connectivity index (χ2v) is 6.66. The Kier molecular flexibility index (Phi) is 6.43. The molecule has 3 aromatic rings. The SMILES string of the molecule is C=CC(=O)OCCCCc1ccc2c(ccc3cc(OC(=O)CC)ccc32)c1. The highest BCUT2D eigenvalue weighted by Gasteiger charge is 2.06. The molecule has 0 saturated carbocycles. The van der Waals surface area contributed by atoms with Gasteiger partial charge >= 0.3 is 11.9 Å². The Hall–Kier alpha value is -3.14. The van der Waals surface area contributed by atoms with Gasteiger partial charge in [0, 0.05) is 12.5 Å². The van der Waals surface area contributed by atoms with Gasteiger partial charge in [0.15, 0.2) is 0 Å². The van der Waals surface area contributed by atoms with E-state index in [1.807, 2.05) is 18.2 Å². The Morgan fingerprint density at radius 2 is 1.68 bits per heavy atom. The molecule has 3 aromatic carbocycles. The van der Waals surface area contributed by atoms with Crippen LogP contribution in [0.5, 0.6) is 5.75 Å². The fraction of sp³-hybridized carbons (Fsp3) is 0.250. The molecule has 0 amide bonds. The third-order valence-corrected chi connectivity index (χ3v) is 4.66. The largest absolute Gasteiger partial charge is 0.463 e. The predicted octanol–water partition coefficient (Wildman–Crippen LogP) is 5.36. The Labute approximate surface area is 164 Å². The van der Waals surface area contributed by atoms with Gasteiger partial charge in [-0.1, -0.05) is 49.9 Å². The number of benzene rings is 3. The van der Waals surface area contributed by atoms with Crippen molar-refractivity contribution in [1.82, 2.24) is 0 Å². The first kappa shape index (κ1) is 19.6. The quantitative estimate of drug-likeness (QED) is 0.175. The van der Waals surface area contributed by atoms with E-state index in [2.05, 4.69) is 36.9 Å². The molecular formula is C24H24O4. The summed E-state index contributed by atoms with van der Waals surface area (Å²) in [7, 11) is 0. The molecule has 0 N–H and O–H groups in total. The molecule has 0 aromatic heterocycles. The van der Waals surface area contributed by atoms with E-state index in [0.717, 1.165) is 30.0 Å². The topological polar surface area (TPSA) is 52.6 Å². The van der Waals surface area contributed by atoms with Gasteiger partial charge in [0.05, 0.1) is 6.61 Å². The summed E-state index contributed by atoms with van der Waals surface area (Å²) in [4.78, 5) is 22.5. The third-order valence-electron chi connectivity index (χ3n) is 4.66. The monoisotopic (exact) mass is 376 g/mol. The molecule has 144 valence electrons. The number of hydrogen-bond donors (Lipinski definition) is 0. The summed E-state index contributed by atoms with van der Waals surface area (Å²) in [6, 6.07) is 16.4. The van der Waals surface area contributed by atoms with Crippen LogP contribution in [0.4, 0.5) is 0 Å². The minimum absolute atomic E-state index is 0.232. The summed E-state index contributed by atoms with van der Waals surface area (Å²) >= 11 is 0. The highest BCUT2D eigenvalue weighted by molar-refractivity contribution is 6.08. The minimum Gasteiger partial charge on any atom is -0.463 e. The van der Waals surface area contributed by atoms with Crippen molar-refractivity contribution >= 4 is 33.5 Å². The Bertz CT molecular complexity index is 1020. The number of ether oxygens (including phenoxy) is 2. The van der Waals surface area contributed by atoms with E-state index in [0.29, 0.717) is 18.8 Å². The van der Waals surface area contributed by atoms with Crippen molar-refractivity contribution in [2.45, 2.75) is 32.6 Å². The van der Waals surface area contributed by atoms with Gasteiger partial charge in [-0.15, -0.1) is 0 Å². The molecule has 0 bridgehead atoms. The van der Waals surface area contributed by atoms with Crippen molar-refractivity contribution < 1.29 is 19.1 Å². The van der Waals surface area contributed by atoms with E-state index < -0.39 is 0 Å². The van der Waals surface area contributed by atoms with Gasteiger partial charge < -0.3 is 9.47 Å². The Balaban J connectivity index is 1.71. The van der Waals surface area contributed by atoms with Crippen LogP contribution in [-0.4, -0.2) is 18.5 Å². The molecule has 0 aliphatic carbocycles. The molecule has 0 heterocycles. The van der Waals surface area contributed by atoms with Gasteiger partial charge in [-0.2, -0.15) is 0 Å². The van der Waals surface area contributed by atoms with Gasteiger partial charge in [0.1, 0.15) is 5.75 Å². The molecule has 0 atom stereocenters. The second kappa shape index (κ2) is 9.18. The fourth-order valence-corrected chi connectivity index (χ4v) is 3.18. The van der Waals surface area contributed by atoms with Crippen LogP contribution in [0.1, 0.15) is 31.7 Å². The molecule has 4 nitrogen and oxygen atoms in total. The van der Waals surface area contributed by atoms with Crippen molar-refractivity contribution in [3.05, 3.63) is 66.7 Å². The van der Waals surface area contributed by atoms with Gasteiger partial charge in [-0.05, 0) is 58.5 Å². The number of aryl methyl sites for hydroxylation is 1. The molecule has 0 fully saturated rings. The lowest BCUT2D eigenvalue weighted by Gasteiger charge is -2.09. The number of rotatable bonds is 8. The second-order valence-electron chi connectivity index (χ2n) is 6.66. The molecule has 0 saturated heterocycles. The number of carbonyl (C=O) groups excluding carboxylic acids is 2. The van der Waals surface area contributed by atoms with E-state index in [9.17, 15) is 9.59 Å². The summed E-state index contributed by atoms with van der Waals surface area (Å²) in [6.07, 6.45) is 4.26. The first-order valence-electron chi connectivity index (χ1n) is 9.56. The summed E-state index contributed by atoms with van der Waals surface area (Å²) in [5, 5.41) is 4.54. The Morgan fingerprint density at radius 1 is 0.964 bits per heavy atom. The van der Waals surface area contributed by atoms with Crippen molar-refractivity contribution in [3.8, 4) is 5.75 Å². The highest BCUT2D eigenvalue weighted by atomic mass is 16.5. The summed E-state index contributed by atoms with van der Waals surface area (Å²) in [6.45, 7) is 5.59. The van der Waals surface area contributed by atoms with Crippen LogP contribution in [0.25, 0.3) is 21.5 Å². The predicted molar refractivity (Wildman–Crippen MR) is 111 cm³/mol. The lowest BCUT2D eigenvalue weighted by molar-refractivity contribution is -0.138. The van der Waals surface area contributed by atoms with Crippen LogP contribution < -0.4 is 4.74 Å². The van der Waals surface area contributed by atoms with Crippen molar-refractivity contribution in [2.75, 3.05) is 6.61 Å². The average molecular weight is 376 g/mol. The smallest absolute Gasteiger partial charge is 0.330 e. The van der Waals surface area contributed by atoms with Crippen LogP contribution in [0, 0.1) is 0 Å². The number of unbranched alkanes of at least 4 members (excludes halogenated alkanes) is 1. The molecule has 28 heavy (non-hydrogen) atoms. The standard InChI is InChI=1S/C24H24O4/c1-3-23(25)27-14-6-5-7-17-8-12-21-18(15-17)9-10-19-16-20(11-13-22(19)21)28-24(26)4-2/h3,8-13,15-16H,1,4-7,14H2,2H3. The number of carbonyl (C=O) groups is 2. The molecule has 0 radical (unpaired) electrons. The summed E-state index contributed by atoms with van der Waals surface area (Å²) < 4.78 is 10.3. The summed E-state index contributed by atoms with van der Waals surface area (Å²) in [5.74, 6) is -0.0262. The molecule has 0 spiro atoms. The van der Waals surface area contributed by atoms with E-state index in [4.69, 9.17) is 9.47 Å². The van der Waals surface area contributed by atoms with Gasteiger partial charge in [0.25, 0.3) is 0 Å².